The molecule has 4 fully saturated rings. The van der Waals surface area contributed by atoms with Gasteiger partial charge in [-0.2, -0.15) is 0 Å². The Hall–Kier alpha value is -3.30. The van der Waals surface area contributed by atoms with E-state index < -0.39 is 40.9 Å². The summed E-state index contributed by atoms with van der Waals surface area (Å²) in [6.45, 7) is 3.82. The van der Waals surface area contributed by atoms with Crippen LogP contribution in [0.15, 0.2) is 14.4 Å². The first kappa shape index (κ1) is 35.0. The van der Waals surface area contributed by atoms with Crippen molar-refractivity contribution in [1.29, 1.82) is 0 Å². The Balaban J connectivity index is 1.21. The molecule has 1 aromatic rings. The number of hydrogen-bond acceptors (Lipinski definition) is 12. The Kier molecular flexibility index (Phi) is 12.1. The Labute approximate surface area is 272 Å². The minimum Gasteiger partial charge on any atom is -0.465 e. The van der Waals surface area contributed by atoms with Crippen LogP contribution in [0.5, 0.6) is 0 Å². The number of aromatic nitrogens is 3. The predicted octanol–water partition coefficient (Wildman–Crippen LogP) is 0.779. The summed E-state index contributed by atoms with van der Waals surface area (Å²) in [5.74, 6) is -1.86. The van der Waals surface area contributed by atoms with Gasteiger partial charge in [-0.05, 0) is 71.1 Å². The lowest BCUT2D eigenvalue weighted by Crippen LogP contribution is -2.55. The fourth-order valence-electron chi connectivity index (χ4n) is 6.56. The minimum absolute atomic E-state index is 0.0337. The number of rotatable bonds is 14. The van der Waals surface area contributed by atoms with Crippen LogP contribution < -0.4 is 17.1 Å². The van der Waals surface area contributed by atoms with Crippen molar-refractivity contribution in [2.75, 3.05) is 33.0 Å². The molecule has 15 heteroatoms. The van der Waals surface area contributed by atoms with Gasteiger partial charge in [-0.25, -0.2) is 28.1 Å². The lowest BCUT2D eigenvalue weighted by molar-refractivity contribution is -0.155. The van der Waals surface area contributed by atoms with E-state index in [-0.39, 0.29) is 95.2 Å². The van der Waals surface area contributed by atoms with E-state index in [0.29, 0.717) is 25.9 Å². The molecule has 3 aliphatic heterocycles. The molecule has 15 nitrogen and oxygen atoms in total. The molecule has 3 saturated heterocycles. The highest BCUT2D eigenvalue weighted by Crippen LogP contribution is 2.39. The minimum atomic E-state index is -0.907. The summed E-state index contributed by atoms with van der Waals surface area (Å²) < 4.78 is 35.3. The second-order valence-corrected chi connectivity index (χ2v) is 13.1. The summed E-state index contributed by atoms with van der Waals surface area (Å²) in [6.07, 6.45) is 5.55. The molecule has 1 aromatic heterocycles. The molecule has 7 unspecified atom stereocenters. The van der Waals surface area contributed by atoms with Gasteiger partial charge in [0.15, 0.2) is 0 Å². The second-order valence-electron chi connectivity index (χ2n) is 13.1. The van der Waals surface area contributed by atoms with E-state index in [4.69, 9.17) is 28.4 Å². The van der Waals surface area contributed by atoms with Crippen molar-refractivity contribution in [2.24, 2.45) is 17.8 Å². The van der Waals surface area contributed by atoms with E-state index in [1.54, 1.807) is 0 Å². The van der Waals surface area contributed by atoms with Crippen molar-refractivity contribution in [3.63, 3.8) is 0 Å². The maximum Gasteiger partial charge on any atom is 0.336 e. The van der Waals surface area contributed by atoms with Crippen LogP contribution in [-0.4, -0.2) is 89.1 Å². The highest BCUT2D eigenvalue weighted by atomic mass is 16.6. The van der Waals surface area contributed by atoms with E-state index in [1.165, 1.54) is 0 Å². The quantitative estimate of drug-likeness (QED) is 0.155. The smallest absolute Gasteiger partial charge is 0.336 e. The van der Waals surface area contributed by atoms with Crippen LogP contribution in [0.1, 0.15) is 71.6 Å². The van der Waals surface area contributed by atoms with Gasteiger partial charge in [-0.3, -0.25) is 14.4 Å². The Morgan fingerprint density at radius 2 is 1.34 bits per heavy atom. The van der Waals surface area contributed by atoms with E-state index in [9.17, 15) is 28.8 Å². The molecule has 0 aromatic carbocycles. The van der Waals surface area contributed by atoms with Crippen LogP contribution in [0.25, 0.3) is 0 Å². The van der Waals surface area contributed by atoms with Crippen molar-refractivity contribution in [2.45, 2.75) is 116 Å². The maximum atomic E-state index is 13.4. The monoisotopic (exact) mass is 665 g/mol. The van der Waals surface area contributed by atoms with Crippen LogP contribution in [0.3, 0.4) is 0 Å². The third-order valence-corrected chi connectivity index (χ3v) is 9.51. The fraction of sp³-hybridized carbons (Fsp3) is 0.812. The van der Waals surface area contributed by atoms with Crippen LogP contribution in [-0.2, 0) is 62.4 Å². The second kappa shape index (κ2) is 16.2. The third-order valence-electron chi connectivity index (χ3n) is 9.51. The van der Waals surface area contributed by atoms with Gasteiger partial charge in [-0.15, -0.1) is 0 Å². The zero-order valence-corrected chi connectivity index (χ0v) is 27.3. The number of hydrogen-bond donors (Lipinski definition) is 0. The first-order valence-corrected chi connectivity index (χ1v) is 16.9. The number of esters is 3. The summed E-state index contributed by atoms with van der Waals surface area (Å²) in [6, 6.07) is 0. The number of ether oxygens (including phenoxy) is 6. The van der Waals surface area contributed by atoms with Crippen molar-refractivity contribution < 1.29 is 42.8 Å². The van der Waals surface area contributed by atoms with Gasteiger partial charge < -0.3 is 28.4 Å². The van der Waals surface area contributed by atoms with Gasteiger partial charge in [0.2, 0.25) is 0 Å². The van der Waals surface area contributed by atoms with Crippen LogP contribution in [0, 0.1) is 17.8 Å². The summed E-state index contributed by atoms with van der Waals surface area (Å²) in [5, 5.41) is 0. The molecule has 7 atom stereocenters. The molecule has 0 spiro atoms. The zero-order valence-electron chi connectivity index (χ0n) is 27.3. The molecular weight excluding hydrogens is 618 g/mol. The molecule has 4 aliphatic rings. The molecule has 1 aliphatic carbocycles. The number of epoxide rings is 1. The molecule has 47 heavy (non-hydrogen) atoms. The van der Waals surface area contributed by atoms with Gasteiger partial charge in [0.1, 0.15) is 13.2 Å². The van der Waals surface area contributed by atoms with E-state index >= 15 is 0 Å². The number of nitrogens with zero attached hydrogens (tertiary/aromatic N) is 3. The highest BCUT2D eigenvalue weighted by molar-refractivity contribution is 5.73. The van der Waals surface area contributed by atoms with Crippen molar-refractivity contribution >= 4 is 17.9 Å². The molecule has 0 radical (unpaired) electrons. The molecule has 0 bridgehead atoms. The normalized spacial score (nSPS) is 28.6. The van der Waals surface area contributed by atoms with E-state index in [2.05, 4.69) is 0 Å². The Morgan fingerprint density at radius 3 is 1.96 bits per heavy atom. The average Bonchev–Trinajstić information content (AvgIpc) is 3.84. The van der Waals surface area contributed by atoms with Crippen LogP contribution >= 0.6 is 0 Å². The zero-order chi connectivity index (χ0) is 33.5. The molecule has 5 rings (SSSR count). The van der Waals surface area contributed by atoms with Gasteiger partial charge >= 0.3 is 35.0 Å². The van der Waals surface area contributed by atoms with E-state index in [0.717, 1.165) is 39.4 Å². The standard InChI is InChI=1S/C32H47N3O12/c1-20-5-6-24(19-45-20)29(38)44-15-12-35-31(40)33(10-3-4-27(36)46-18-22-9-13-42-21(2)16-22)30(39)34(32(35)41)11-14-43-28(37)23-7-8-25-26(17-23)47-25/h20-26H,3-19H2,1-2H3. The van der Waals surface area contributed by atoms with Gasteiger partial charge in [0, 0.05) is 19.6 Å². The van der Waals surface area contributed by atoms with Crippen LogP contribution in [0.2, 0.25) is 0 Å². The Morgan fingerprint density at radius 1 is 0.702 bits per heavy atom. The maximum absolute atomic E-state index is 13.4. The first-order valence-electron chi connectivity index (χ1n) is 16.9. The lowest BCUT2D eigenvalue weighted by Gasteiger charge is -2.26. The molecular formula is C32H47N3O12. The molecule has 4 heterocycles. The number of carbonyl (C=O) groups is 3. The predicted molar refractivity (Wildman–Crippen MR) is 164 cm³/mol. The SMILES string of the molecule is CC1CCC(C(=O)OCCn2c(=O)n(CCCC(=O)OCC3CCOC(C)C3)c(=O)n(CCOC(=O)C3CCC4OC4C3)c2=O)CO1. The number of carbonyl (C=O) groups excluding carboxylic acids is 3. The van der Waals surface area contributed by atoms with Crippen molar-refractivity contribution in [1.82, 2.24) is 13.7 Å². The van der Waals surface area contributed by atoms with Gasteiger partial charge in [0.25, 0.3) is 0 Å². The average molecular weight is 666 g/mol. The highest BCUT2D eigenvalue weighted by Gasteiger charge is 2.46. The van der Waals surface area contributed by atoms with Crippen LogP contribution in [0.4, 0.5) is 0 Å². The van der Waals surface area contributed by atoms with Crippen molar-refractivity contribution in [3.8, 4) is 0 Å². The Bertz CT molecular complexity index is 1440. The summed E-state index contributed by atoms with van der Waals surface area (Å²) >= 11 is 0. The third kappa shape index (κ3) is 9.41. The summed E-state index contributed by atoms with van der Waals surface area (Å²) in [5.41, 5.74) is -2.67. The molecule has 262 valence electrons. The summed E-state index contributed by atoms with van der Waals surface area (Å²) in [7, 11) is 0. The van der Waals surface area contributed by atoms with Crippen molar-refractivity contribution in [3.05, 3.63) is 31.5 Å². The van der Waals surface area contributed by atoms with Gasteiger partial charge in [0.05, 0.1) is 62.6 Å². The number of fused-ring (bicyclic) bond motifs is 1. The van der Waals surface area contributed by atoms with E-state index in [1.807, 2.05) is 13.8 Å². The summed E-state index contributed by atoms with van der Waals surface area (Å²) in [4.78, 5) is 77.7. The molecule has 0 amide bonds. The lowest BCUT2D eigenvalue weighted by atomic mass is 9.89. The molecule has 0 N–H and O–H groups in total. The molecule has 1 saturated carbocycles. The largest absolute Gasteiger partial charge is 0.465 e. The first-order chi connectivity index (χ1) is 22.6. The topological polar surface area (TPSA) is 176 Å². The van der Waals surface area contributed by atoms with Gasteiger partial charge in [-0.1, -0.05) is 0 Å². The fourth-order valence-corrected chi connectivity index (χ4v) is 6.56.